The number of carbonyl (C=O) groups is 2. The number of para-hydroxylation sites is 1. The van der Waals surface area contributed by atoms with E-state index in [9.17, 15) is 14.7 Å². The maximum absolute atomic E-state index is 11.8. The van der Waals surface area contributed by atoms with Crippen molar-refractivity contribution in [2.75, 3.05) is 7.11 Å². The van der Waals surface area contributed by atoms with Gasteiger partial charge in [0.25, 0.3) is 5.78 Å². The summed E-state index contributed by atoms with van der Waals surface area (Å²) in [6.07, 6.45) is 1.43. The van der Waals surface area contributed by atoms with Crippen LogP contribution in [0.25, 0.3) is 10.9 Å². The molecule has 0 spiro atoms. The number of hydrogen-bond acceptors (Lipinski definition) is 4. The summed E-state index contributed by atoms with van der Waals surface area (Å²) in [7, 11) is 1.17. The number of benzene rings is 1. The van der Waals surface area contributed by atoms with E-state index in [1.165, 1.54) is 13.3 Å². The van der Waals surface area contributed by atoms with E-state index in [-0.39, 0.29) is 5.56 Å². The highest BCUT2D eigenvalue weighted by molar-refractivity contribution is 6.43. The van der Waals surface area contributed by atoms with Crippen LogP contribution in [0.4, 0.5) is 0 Å². The van der Waals surface area contributed by atoms with Crippen molar-refractivity contribution in [3.8, 4) is 0 Å². The van der Waals surface area contributed by atoms with E-state index in [1.54, 1.807) is 18.2 Å². The first-order chi connectivity index (χ1) is 9.10. The van der Waals surface area contributed by atoms with Crippen LogP contribution in [0, 0.1) is 0 Å². The SMILES string of the molecule is CCC(O)c1cccc2c(C(=O)C(=O)OC)c[nH]c12. The normalized spacial score (nSPS) is 12.4. The molecule has 2 rings (SSSR count). The molecule has 0 aliphatic carbocycles. The van der Waals surface area contributed by atoms with E-state index in [1.807, 2.05) is 6.92 Å². The Morgan fingerprint density at radius 1 is 1.42 bits per heavy atom. The van der Waals surface area contributed by atoms with Gasteiger partial charge in [-0.1, -0.05) is 25.1 Å². The predicted octanol–water partition coefficient (Wildman–Crippen LogP) is 1.97. The second-order valence-electron chi connectivity index (χ2n) is 4.22. The monoisotopic (exact) mass is 261 g/mol. The van der Waals surface area contributed by atoms with E-state index in [2.05, 4.69) is 9.72 Å². The number of ketones is 1. The van der Waals surface area contributed by atoms with E-state index in [4.69, 9.17) is 0 Å². The molecular weight excluding hydrogens is 246 g/mol. The summed E-state index contributed by atoms with van der Waals surface area (Å²) in [5.74, 6) is -1.60. The third kappa shape index (κ3) is 2.24. The van der Waals surface area contributed by atoms with Gasteiger partial charge in [-0.2, -0.15) is 0 Å². The Hall–Kier alpha value is -2.14. The van der Waals surface area contributed by atoms with E-state index in [0.29, 0.717) is 22.9 Å². The van der Waals surface area contributed by atoms with E-state index < -0.39 is 17.9 Å². The molecule has 0 radical (unpaired) electrons. The van der Waals surface area contributed by atoms with Crippen LogP contribution in [0.5, 0.6) is 0 Å². The zero-order valence-electron chi connectivity index (χ0n) is 10.8. The third-order valence-corrected chi connectivity index (χ3v) is 3.11. The molecule has 0 aliphatic rings. The standard InChI is InChI=1S/C14H15NO4/c1-3-11(16)9-6-4-5-8-10(7-15-12(8)9)13(17)14(18)19-2/h4-7,11,15-16H,3H2,1-2H3. The lowest BCUT2D eigenvalue weighted by Gasteiger charge is -2.09. The molecule has 5 nitrogen and oxygen atoms in total. The van der Waals surface area contributed by atoms with Crippen molar-refractivity contribution in [1.29, 1.82) is 0 Å². The van der Waals surface area contributed by atoms with Gasteiger partial charge in [-0.3, -0.25) is 4.79 Å². The smallest absolute Gasteiger partial charge is 0.379 e. The number of nitrogens with one attached hydrogen (secondary N) is 1. The second-order valence-corrected chi connectivity index (χ2v) is 4.22. The van der Waals surface area contributed by atoms with Crippen LogP contribution >= 0.6 is 0 Å². The van der Waals surface area contributed by atoms with Gasteiger partial charge >= 0.3 is 5.97 Å². The molecule has 1 unspecified atom stereocenters. The summed E-state index contributed by atoms with van der Waals surface area (Å²) in [6, 6.07) is 5.27. The Balaban J connectivity index is 2.56. The fraction of sp³-hybridized carbons (Fsp3) is 0.286. The Kier molecular flexibility index (Phi) is 3.66. The van der Waals surface area contributed by atoms with Crippen LogP contribution in [0.3, 0.4) is 0 Å². The van der Waals surface area contributed by atoms with Crippen molar-refractivity contribution in [3.63, 3.8) is 0 Å². The lowest BCUT2D eigenvalue weighted by molar-refractivity contribution is -0.135. The molecule has 5 heteroatoms. The number of ether oxygens (including phenoxy) is 1. The van der Waals surface area contributed by atoms with Crippen LogP contribution in [0.2, 0.25) is 0 Å². The molecule has 2 aromatic rings. The number of fused-ring (bicyclic) bond motifs is 1. The molecule has 0 amide bonds. The lowest BCUT2D eigenvalue weighted by Crippen LogP contribution is -2.15. The van der Waals surface area contributed by atoms with Crippen molar-refractivity contribution >= 4 is 22.7 Å². The highest BCUT2D eigenvalue weighted by Gasteiger charge is 2.22. The van der Waals surface area contributed by atoms with Crippen LogP contribution < -0.4 is 0 Å². The summed E-state index contributed by atoms with van der Waals surface area (Å²) in [4.78, 5) is 26.1. The molecule has 0 saturated carbocycles. The van der Waals surface area contributed by atoms with E-state index in [0.717, 1.165) is 0 Å². The van der Waals surface area contributed by atoms with Gasteiger partial charge in [-0.25, -0.2) is 4.79 Å². The number of rotatable bonds is 4. The summed E-state index contributed by atoms with van der Waals surface area (Å²) in [6.45, 7) is 1.87. The Bertz CT molecular complexity index is 629. The molecule has 19 heavy (non-hydrogen) atoms. The number of aliphatic hydroxyl groups excluding tert-OH is 1. The summed E-state index contributed by atoms with van der Waals surface area (Å²) in [5.41, 5.74) is 1.64. The molecule has 1 aromatic carbocycles. The molecular formula is C14H15NO4. The maximum atomic E-state index is 11.8. The topological polar surface area (TPSA) is 79.4 Å². The number of methoxy groups -OCH3 is 1. The van der Waals surface area contributed by atoms with Crippen molar-refractivity contribution < 1.29 is 19.4 Å². The number of aromatic nitrogens is 1. The van der Waals surface area contributed by atoms with Gasteiger partial charge in [-0.05, 0) is 6.42 Å². The fourth-order valence-corrected chi connectivity index (χ4v) is 2.07. The molecule has 0 saturated heterocycles. The minimum absolute atomic E-state index is 0.256. The molecule has 1 heterocycles. The van der Waals surface area contributed by atoms with Crippen LogP contribution in [-0.4, -0.2) is 29.0 Å². The highest BCUT2D eigenvalue weighted by Crippen LogP contribution is 2.27. The van der Waals surface area contributed by atoms with Gasteiger partial charge in [0.05, 0.1) is 24.3 Å². The maximum Gasteiger partial charge on any atom is 0.379 e. The number of aliphatic hydroxyl groups is 1. The summed E-state index contributed by atoms with van der Waals surface area (Å²) < 4.78 is 4.43. The minimum atomic E-state index is -0.901. The number of esters is 1. The minimum Gasteiger partial charge on any atom is -0.463 e. The van der Waals surface area contributed by atoms with Gasteiger partial charge in [0.2, 0.25) is 0 Å². The fourth-order valence-electron chi connectivity index (χ4n) is 2.07. The quantitative estimate of drug-likeness (QED) is 0.501. The van der Waals surface area contributed by atoms with Crippen molar-refractivity contribution in [3.05, 3.63) is 35.5 Å². The Morgan fingerprint density at radius 3 is 2.79 bits per heavy atom. The Labute approximate surface area is 110 Å². The number of H-pyrrole nitrogens is 1. The molecule has 1 aromatic heterocycles. The zero-order chi connectivity index (χ0) is 14.0. The molecule has 0 aliphatic heterocycles. The average molecular weight is 261 g/mol. The number of aromatic amines is 1. The second kappa shape index (κ2) is 5.24. The van der Waals surface area contributed by atoms with Gasteiger partial charge < -0.3 is 14.8 Å². The molecule has 1 atom stereocenters. The van der Waals surface area contributed by atoms with Gasteiger partial charge in [0.1, 0.15) is 0 Å². The highest BCUT2D eigenvalue weighted by atomic mass is 16.5. The van der Waals surface area contributed by atoms with Crippen molar-refractivity contribution in [1.82, 2.24) is 4.98 Å². The Morgan fingerprint density at radius 2 is 2.16 bits per heavy atom. The molecule has 2 N–H and O–H groups in total. The van der Waals surface area contributed by atoms with Gasteiger partial charge in [-0.15, -0.1) is 0 Å². The largest absolute Gasteiger partial charge is 0.463 e. The number of carbonyl (C=O) groups excluding carboxylic acids is 2. The van der Waals surface area contributed by atoms with Crippen LogP contribution in [-0.2, 0) is 9.53 Å². The first-order valence-corrected chi connectivity index (χ1v) is 6.00. The molecule has 100 valence electrons. The summed E-state index contributed by atoms with van der Waals surface area (Å²) in [5, 5.41) is 10.5. The van der Waals surface area contributed by atoms with Crippen molar-refractivity contribution in [2.24, 2.45) is 0 Å². The third-order valence-electron chi connectivity index (χ3n) is 3.11. The van der Waals surface area contributed by atoms with Crippen molar-refractivity contribution in [2.45, 2.75) is 19.4 Å². The van der Waals surface area contributed by atoms with Gasteiger partial charge in [0.15, 0.2) is 0 Å². The first-order valence-electron chi connectivity index (χ1n) is 6.00. The van der Waals surface area contributed by atoms with Gasteiger partial charge in [0, 0.05) is 17.1 Å². The lowest BCUT2D eigenvalue weighted by atomic mass is 10.0. The zero-order valence-corrected chi connectivity index (χ0v) is 10.8. The number of Topliss-reactive ketones (excluding diaryl/α,β-unsaturated/α-hetero) is 1. The molecule has 0 bridgehead atoms. The predicted molar refractivity (Wildman–Crippen MR) is 69.9 cm³/mol. The van der Waals surface area contributed by atoms with Crippen LogP contribution in [0.1, 0.15) is 35.4 Å². The molecule has 0 fully saturated rings. The average Bonchev–Trinajstić information content (AvgIpc) is 2.88. The van der Waals surface area contributed by atoms with E-state index >= 15 is 0 Å². The van der Waals surface area contributed by atoms with Crippen LogP contribution in [0.15, 0.2) is 24.4 Å². The number of hydrogen-bond donors (Lipinski definition) is 2. The summed E-state index contributed by atoms with van der Waals surface area (Å²) >= 11 is 0. The first kappa shape index (κ1) is 13.3.